The predicted octanol–water partition coefficient (Wildman–Crippen LogP) is 4.53. The lowest BCUT2D eigenvalue weighted by Gasteiger charge is -2.28. The van der Waals surface area contributed by atoms with Gasteiger partial charge in [-0.3, -0.25) is 14.9 Å². The van der Waals surface area contributed by atoms with Crippen LogP contribution in [0.1, 0.15) is 18.5 Å². The number of nitrogens with one attached hydrogen (secondary N) is 3. The van der Waals surface area contributed by atoms with Crippen molar-refractivity contribution in [3.63, 3.8) is 0 Å². The van der Waals surface area contributed by atoms with E-state index < -0.39 is 22.9 Å². The second-order valence-corrected chi connectivity index (χ2v) is 7.32. The highest BCUT2D eigenvalue weighted by molar-refractivity contribution is 6.06. The van der Waals surface area contributed by atoms with E-state index >= 15 is 0 Å². The predicted molar refractivity (Wildman–Crippen MR) is 121 cm³/mol. The highest BCUT2D eigenvalue weighted by Gasteiger charge is 2.31. The van der Waals surface area contributed by atoms with Crippen molar-refractivity contribution >= 4 is 23.3 Å². The van der Waals surface area contributed by atoms with Crippen molar-refractivity contribution in [2.45, 2.75) is 13.0 Å². The van der Waals surface area contributed by atoms with Crippen LogP contribution in [0.5, 0.6) is 0 Å². The van der Waals surface area contributed by atoms with E-state index in [1.165, 1.54) is 18.2 Å². The summed E-state index contributed by atoms with van der Waals surface area (Å²) in [5.41, 5.74) is 3.71. The third-order valence-corrected chi connectivity index (χ3v) is 5.18. The van der Waals surface area contributed by atoms with Gasteiger partial charge in [-0.15, -0.1) is 0 Å². The maximum absolute atomic E-state index is 13.1. The molecule has 0 bridgehead atoms. The van der Waals surface area contributed by atoms with E-state index in [0.717, 1.165) is 16.7 Å². The van der Waals surface area contributed by atoms with Gasteiger partial charge in [-0.2, -0.15) is 0 Å². The van der Waals surface area contributed by atoms with Gasteiger partial charge in [-0.05, 0) is 29.7 Å². The van der Waals surface area contributed by atoms with E-state index in [9.17, 15) is 19.7 Å². The molecule has 3 amide bonds. The van der Waals surface area contributed by atoms with E-state index in [1.54, 1.807) is 13.0 Å². The molecule has 0 spiro atoms. The second kappa shape index (κ2) is 8.73. The molecule has 3 aromatic rings. The molecule has 1 atom stereocenters. The number of anilines is 1. The van der Waals surface area contributed by atoms with Crippen LogP contribution in [0.15, 0.2) is 90.1 Å². The van der Waals surface area contributed by atoms with E-state index in [0.29, 0.717) is 17.0 Å². The summed E-state index contributed by atoms with van der Waals surface area (Å²) in [6.45, 7) is 1.65. The first kappa shape index (κ1) is 20.8. The first-order valence-electron chi connectivity index (χ1n) is 9.92. The number of amides is 3. The Morgan fingerprint density at radius 3 is 2.34 bits per heavy atom. The molecule has 0 fully saturated rings. The average molecular weight is 428 g/mol. The van der Waals surface area contributed by atoms with Crippen LogP contribution < -0.4 is 16.0 Å². The number of carbonyl (C=O) groups is 2. The Hall–Kier alpha value is -4.46. The normalized spacial score (nSPS) is 15.5. The number of urea groups is 1. The van der Waals surface area contributed by atoms with Gasteiger partial charge in [0.25, 0.3) is 11.6 Å². The van der Waals surface area contributed by atoms with Crippen LogP contribution in [0.3, 0.4) is 0 Å². The monoisotopic (exact) mass is 428 g/mol. The summed E-state index contributed by atoms with van der Waals surface area (Å²) in [7, 11) is 0. The highest BCUT2D eigenvalue weighted by Crippen LogP contribution is 2.30. The lowest BCUT2D eigenvalue weighted by Crippen LogP contribution is -2.45. The standard InChI is InChI=1S/C24H20N4O4/c1-15-21(23(29)26-19-8-5-9-20(14-19)28(31)32)22(27-24(30)25-15)18-12-10-17(11-13-18)16-6-3-2-4-7-16/h2-14,22H,1H3,(H,26,29)(H2,25,27,30)/t22-/m0/s1. The van der Waals surface area contributed by atoms with Crippen LogP contribution in [0.4, 0.5) is 16.2 Å². The van der Waals surface area contributed by atoms with Crippen molar-refractivity contribution in [1.29, 1.82) is 0 Å². The molecule has 3 aromatic carbocycles. The largest absolute Gasteiger partial charge is 0.327 e. The van der Waals surface area contributed by atoms with Gasteiger partial charge in [-0.1, -0.05) is 60.7 Å². The van der Waals surface area contributed by atoms with Gasteiger partial charge in [0.05, 0.1) is 16.5 Å². The van der Waals surface area contributed by atoms with Gasteiger partial charge in [0, 0.05) is 23.5 Å². The summed E-state index contributed by atoms with van der Waals surface area (Å²) in [5, 5.41) is 19.1. The molecular formula is C24H20N4O4. The zero-order valence-electron chi connectivity index (χ0n) is 17.2. The third kappa shape index (κ3) is 4.34. The lowest BCUT2D eigenvalue weighted by atomic mass is 9.93. The molecule has 0 unspecified atom stereocenters. The maximum atomic E-state index is 13.1. The van der Waals surface area contributed by atoms with Crippen molar-refractivity contribution in [1.82, 2.24) is 10.6 Å². The van der Waals surface area contributed by atoms with Crippen molar-refractivity contribution in [3.8, 4) is 11.1 Å². The number of hydrogen-bond donors (Lipinski definition) is 3. The Morgan fingerprint density at radius 2 is 1.66 bits per heavy atom. The van der Waals surface area contributed by atoms with E-state index in [2.05, 4.69) is 16.0 Å². The van der Waals surface area contributed by atoms with Gasteiger partial charge < -0.3 is 16.0 Å². The summed E-state index contributed by atoms with van der Waals surface area (Å²) < 4.78 is 0. The smallest absolute Gasteiger partial charge is 0.319 e. The van der Waals surface area contributed by atoms with Gasteiger partial charge in [0.2, 0.25) is 0 Å². The molecule has 160 valence electrons. The van der Waals surface area contributed by atoms with Crippen LogP contribution in [-0.4, -0.2) is 16.9 Å². The fraction of sp³-hybridized carbons (Fsp3) is 0.0833. The minimum atomic E-state index is -0.674. The minimum Gasteiger partial charge on any atom is -0.327 e. The summed E-state index contributed by atoms with van der Waals surface area (Å²) >= 11 is 0. The Bertz CT molecular complexity index is 1220. The second-order valence-electron chi connectivity index (χ2n) is 7.32. The number of benzene rings is 3. The molecule has 8 heteroatoms. The number of rotatable bonds is 5. The molecule has 4 rings (SSSR count). The van der Waals surface area contributed by atoms with Gasteiger partial charge in [0.1, 0.15) is 0 Å². The van der Waals surface area contributed by atoms with Gasteiger partial charge in [0.15, 0.2) is 0 Å². The molecule has 32 heavy (non-hydrogen) atoms. The quantitative estimate of drug-likeness (QED) is 0.409. The van der Waals surface area contributed by atoms with E-state index in [4.69, 9.17) is 0 Å². The van der Waals surface area contributed by atoms with Crippen LogP contribution in [0, 0.1) is 10.1 Å². The Balaban J connectivity index is 1.63. The van der Waals surface area contributed by atoms with Crippen molar-refractivity contribution in [3.05, 3.63) is 106 Å². The van der Waals surface area contributed by atoms with Crippen LogP contribution >= 0.6 is 0 Å². The molecule has 3 N–H and O–H groups in total. The van der Waals surface area contributed by atoms with Crippen molar-refractivity contribution in [2.75, 3.05) is 5.32 Å². The SMILES string of the molecule is CC1=C(C(=O)Nc2cccc([N+](=O)[O-])c2)[C@H](c2ccc(-c3ccccc3)cc2)NC(=O)N1. The number of non-ortho nitro benzene ring substituents is 1. The molecule has 0 saturated heterocycles. The topological polar surface area (TPSA) is 113 Å². The highest BCUT2D eigenvalue weighted by atomic mass is 16.6. The summed E-state index contributed by atoms with van der Waals surface area (Å²) in [6, 6.07) is 22.1. The van der Waals surface area contributed by atoms with Gasteiger partial charge >= 0.3 is 6.03 Å². The number of nitro groups is 1. The zero-order chi connectivity index (χ0) is 22.7. The number of nitro benzene ring substituents is 1. The molecule has 8 nitrogen and oxygen atoms in total. The van der Waals surface area contributed by atoms with E-state index in [-0.39, 0.29) is 5.69 Å². The molecule has 1 aliphatic rings. The van der Waals surface area contributed by atoms with E-state index in [1.807, 2.05) is 54.6 Å². The Morgan fingerprint density at radius 1 is 0.969 bits per heavy atom. The summed E-state index contributed by atoms with van der Waals surface area (Å²) in [5.74, 6) is -0.465. The average Bonchev–Trinajstić information content (AvgIpc) is 2.79. The first-order valence-corrected chi connectivity index (χ1v) is 9.92. The molecule has 0 aromatic heterocycles. The number of allylic oxidation sites excluding steroid dienone is 1. The molecule has 0 radical (unpaired) electrons. The molecule has 0 aliphatic carbocycles. The summed E-state index contributed by atoms with van der Waals surface area (Å²) in [6.07, 6.45) is 0. The fourth-order valence-electron chi connectivity index (χ4n) is 3.64. The molecular weight excluding hydrogens is 408 g/mol. The van der Waals surface area contributed by atoms with Crippen LogP contribution in [-0.2, 0) is 4.79 Å². The van der Waals surface area contributed by atoms with Gasteiger partial charge in [-0.25, -0.2) is 4.79 Å². The summed E-state index contributed by atoms with van der Waals surface area (Å²) in [4.78, 5) is 35.7. The number of carbonyl (C=O) groups excluding carboxylic acids is 2. The molecule has 1 heterocycles. The third-order valence-electron chi connectivity index (χ3n) is 5.18. The Kier molecular flexibility index (Phi) is 5.67. The molecule has 1 aliphatic heterocycles. The van der Waals surface area contributed by atoms with Crippen molar-refractivity contribution in [2.24, 2.45) is 0 Å². The van der Waals surface area contributed by atoms with Crippen LogP contribution in [0.25, 0.3) is 11.1 Å². The maximum Gasteiger partial charge on any atom is 0.319 e. The zero-order valence-corrected chi connectivity index (χ0v) is 17.2. The van der Waals surface area contributed by atoms with Crippen molar-refractivity contribution < 1.29 is 14.5 Å². The number of nitrogens with zero attached hydrogens (tertiary/aromatic N) is 1. The van der Waals surface area contributed by atoms with Crippen LogP contribution in [0.2, 0.25) is 0 Å². The lowest BCUT2D eigenvalue weighted by molar-refractivity contribution is -0.384. The fourth-order valence-corrected chi connectivity index (χ4v) is 3.64. The Labute approximate surface area is 184 Å². The first-order chi connectivity index (χ1) is 15.4. The minimum absolute atomic E-state index is 0.128. The number of hydrogen-bond acceptors (Lipinski definition) is 4. The molecule has 0 saturated carbocycles.